The predicted molar refractivity (Wildman–Crippen MR) is 75.9 cm³/mol. The lowest BCUT2D eigenvalue weighted by Gasteiger charge is -2.25. The summed E-state index contributed by atoms with van der Waals surface area (Å²) in [6.45, 7) is 4.13. The fraction of sp³-hybridized carbons (Fsp3) is 0.786. The van der Waals surface area contributed by atoms with Crippen LogP contribution in [0.25, 0.3) is 0 Å². The van der Waals surface area contributed by atoms with Gasteiger partial charge in [-0.25, -0.2) is 0 Å². The fourth-order valence-electron chi connectivity index (χ4n) is 2.72. The number of nitrogens with one attached hydrogen (secondary N) is 1. The molecular formula is C14H24ClN3. The molecule has 0 amide bonds. The largest absolute Gasteiger partial charge is 0.311 e. The number of hydrogen-bond donors (Lipinski definition) is 1. The van der Waals surface area contributed by atoms with Crippen molar-refractivity contribution < 1.29 is 0 Å². The number of nitrogens with zero attached hydrogens (tertiary/aromatic N) is 2. The molecule has 1 N–H and O–H groups in total. The molecule has 4 heteroatoms. The minimum absolute atomic E-state index is 0.397. The van der Waals surface area contributed by atoms with Gasteiger partial charge in [0.2, 0.25) is 0 Å². The molecule has 1 aromatic heterocycles. The van der Waals surface area contributed by atoms with Crippen LogP contribution in [0.5, 0.6) is 0 Å². The van der Waals surface area contributed by atoms with Gasteiger partial charge in [0.05, 0.1) is 11.4 Å². The van der Waals surface area contributed by atoms with E-state index >= 15 is 0 Å². The van der Waals surface area contributed by atoms with Crippen LogP contribution >= 0.6 is 11.6 Å². The Balaban J connectivity index is 1.75. The normalized spacial score (nSPS) is 24.4. The maximum absolute atomic E-state index is 6.21. The third kappa shape index (κ3) is 3.72. The molecule has 0 radical (unpaired) electrons. The Bertz CT molecular complexity index is 375. The van der Waals surface area contributed by atoms with Crippen molar-refractivity contribution in [3.8, 4) is 0 Å². The molecule has 3 nitrogen and oxygen atoms in total. The number of aryl methyl sites for hydroxylation is 2. The van der Waals surface area contributed by atoms with E-state index in [0.717, 1.165) is 25.4 Å². The first-order valence-electron chi connectivity index (χ1n) is 7.05. The third-order valence-corrected chi connectivity index (χ3v) is 4.24. The van der Waals surface area contributed by atoms with Gasteiger partial charge in [-0.3, -0.25) is 4.68 Å². The highest BCUT2D eigenvalue weighted by atomic mass is 35.5. The van der Waals surface area contributed by atoms with Gasteiger partial charge in [-0.2, -0.15) is 5.10 Å². The fourth-order valence-corrected chi connectivity index (χ4v) is 3.13. The predicted octanol–water partition coefficient (Wildman–Crippen LogP) is 2.87. The highest BCUT2D eigenvalue weighted by Crippen LogP contribution is 2.27. The van der Waals surface area contributed by atoms with Crippen molar-refractivity contribution >= 4 is 11.6 Å². The van der Waals surface area contributed by atoms with Gasteiger partial charge in [0.25, 0.3) is 0 Å². The summed E-state index contributed by atoms with van der Waals surface area (Å²) in [5.74, 6) is 0.750. The number of alkyl halides is 1. The summed E-state index contributed by atoms with van der Waals surface area (Å²) in [4.78, 5) is 0. The van der Waals surface area contributed by atoms with Crippen LogP contribution in [0.3, 0.4) is 0 Å². The van der Waals surface area contributed by atoms with Crippen LogP contribution < -0.4 is 5.32 Å². The summed E-state index contributed by atoms with van der Waals surface area (Å²) in [5, 5.41) is 8.41. The number of aromatic nitrogens is 2. The van der Waals surface area contributed by atoms with Gasteiger partial charge < -0.3 is 5.32 Å². The molecule has 102 valence electrons. The van der Waals surface area contributed by atoms with Gasteiger partial charge >= 0.3 is 0 Å². The van der Waals surface area contributed by atoms with E-state index < -0.39 is 0 Å². The molecule has 0 spiro atoms. The van der Waals surface area contributed by atoms with Crippen molar-refractivity contribution in [2.24, 2.45) is 13.0 Å². The van der Waals surface area contributed by atoms with Crippen molar-refractivity contribution in [3.05, 3.63) is 17.5 Å². The zero-order valence-corrected chi connectivity index (χ0v) is 12.2. The first kappa shape index (κ1) is 13.9. The van der Waals surface area contributed by atoms with E-state index in [9.17, 15) is 0 Å². The maximum Gasteiger partial charge on any atom is 0.0625 e. The van der Waals surface area contributed by atoms with Gasteiger partial charge in [-0.05, 0) is 44.2 Å². The molecule has 1 heterocycles. The molecule has 2 rings (SSSR count). The van der Waals surface area contributed by atoms with Gasteiger partial charge in [0.15, 0.2) is 0 Å². The molecule has 1 fully saturated rings. The second kappa shape index (κ2) is 6.58. The molecular weight excluding hydrogens is 246 g/mol. The van der Waals surface area contributed by atoms with Crippen molar-refractivity contribution in [2.45, 2.75) is 50.9 Å². The Hall–Kier alpha value is -0.540. The molecule has 1 aliphatic rings. The molecule has 1 aliphatic carbocycles. The topological polar surface area (TPSA) is 29.9 Å². The Morgan fingerprint density at radius 2 is 2.33 bits per heavy atom. The molecule has 0 saturated heterocycles. The Morgan fingerprint density at radius 3 is 3.00 bits per heavy atom. The van der Waals surface area contributed by atoms with Crippen LogP contribution in [0.2, 0.25) is 0 Å². The van der Waals surface area contributed by atoms with Gasteiger partial charge in [-0.15, -0.1) is 11.6 Å². The smallest absolute Gasteiger partial charge is 0.0625 e. The lowest BCUT2D eigenvalue weighted by Crippen LogP contribution is -2.27. The standard InChI is InChI=1S/C14H24ClN3/c1-3-13-8-14(18(2)17-13)10-16-9-11-5-4-6-12(15)7-11/h8,11-12,16H,3-7,9-10H2,1-2H3. The van der Waals surface area contributed by atoms with E-state index in [1.165, 1.54) is 37.1 Å². The Kier molecular flexibility index (Phi) is 5.07. The van der Waals surface area contributed by atoms with Crippen LogP contribution in [0.15, 0.2) is 6.07 Å². The van der Waals surface area contributed by atoms with E-state index in [1.54, 1.807) is 0 Å². The van der Waals surface area contributed by atoms with Gasteiger partial charge in [0.1, 0.15) is 0 Å². The summed E-state index contributed by atoms with van der Waals surface area (Å²) >= 11 is 6.21. The first-order chi connectivity index (χ1) is 8.69. The first-order valence-corrected chi connectivity index (χ1v) is 7.49. The minimum atomic E-state index is 0.397. The zero-order chi connectivity index (χ0) is 13.0. The Morgan fingerprint density at radius 1 is 1.50 bits per heavy atom. The second-order valence-corrected chi connectivity index (χ2v) is 5.98. The van der Waals surface area contributed by atoms with Crippen molar-refractivity contribution in [3.63, 3.8) is 0 Å². The van der Waals surface area contributed by atoms with Crippen molar-refractivity contribution in [1.29, 1.82) is 0 Å². The molecule has 0 aromatic carbocycles. The Labute approximate surface area is 115 Å². The van der Waals surface area contributed by atoms with E-state index in [4.69, 9.17) is 11.6 Å². The SMILES string of the molecule is CCc1cc(CNCC2CCCC(Cl)C2)n(C)n1. The average Bonchev–Trinajstić information content (AvgIpc) is 2.71. The summed E-state index contributed by atoms with van der Waals surface area (Å²) in [7, 11) is 2.02. The van der Waals surface area contributed by atoms with Crippen LogP contribution in [0, 0.1) is 5.92 Å². The minimum Gasteiger partial charge on any atom is -0.311 e. The van der Waals surface area contributed by atoms with Crippen molar-refractivity contribution in [1.82, 2.24) is 15.1 Å². The number of rotatable bonds is 5. The number of halogens is 1. The zero-order valence-electron chi connectivity index (χ0n) is 11.5. The van der Waals surface area contributed by atoms with Crippen LogP contribution in [-0.4, -0.2) is 21.7 Å². The second-order valence-electron chi connectivity index (χ2n) is 5.36. The highest BCUT2D eigenvalue weighted by Gasteiger charge is 2.19. The van der Waals surface area contributed by atoms with Crippen LogP contribution in [-0.2, 0) is 20.0 Å². The quantitative estimate of drug-likeness (QED) is 0.833. The lowest BCUT2D eigenvalue weighted by atomic mass is 9.89. The molecule has 18 heavy (non-hydrogen) atoms. The van der Waals surface area contributed by atoms with Crippen LogP contribution in [0.4, 0.5) is 0 Å². The summed E-state index contributed by atoms with van der Waals surface area (Å²) in [6, 6.07) is 2.19. The van der Waals surface area contributed by atoms with Crippen LogP contribution in [0.1, 0.15) is 44.0 Å². The van der Waals surface area contributed by atoms with E-state index in [-0.39, 0.29) is 0 Å². The summed E-state index contributed by atoms with van der Waals surface area (Å²) in [6.07, 6.45) is 5.97. The van der Waals surface area contributed by atoms with E-state index in [0.29, 0.717) is 5.38 Å². The monoisotopic (exact) mass is 269 g/mol. The molecule has 2 unspecified atom stereocenters. The van der Waals surface area contributed by atoms with E-state index in [2.05, 4.69) is 23.4 Å². The molecule has 0 aliphatic heterocycles. The number of hydrogen-bond acceptors (Lipinski definition) is 2. The average molecular weight is 270 g/mol. The molecule has 1 saturated carbocycles. The van der Waals surface area contributed by atoms with Crippen molar-refractivity contribution in [2.75, 3.05) is 6.54 Å². The highest BCUT2D eigenvalue weighted by molar-refractivity contribution is 6.20. The molecule has 2 atom stereocenters. The summed E-state index contributed by atoms with van der Waals surface area (Å²) < 4.78 is 1.98. The summed E-state index contributed by atoms with van der Waals surface area (Å²) in [5.41, 5.74) is 2.44. The maximum atomic E-state index is 6.21. The lowest BCUT2D eigenvalue weighted by molar-refractivity contribution is 0.345. The van der Waals surface area contributed by atoms with E-state index in [1.807, 2.05) is 11.7 Å². The molecule has 0 bridgehead atoms. The van der Waals surface area contributed by atoms with Gasteiger partial charge in [-0.1, -0.05) is 13.3 Å². The molecule has 1 aromatic rings. The van der Waals surface area contributed by atoms with Gasteiger partial charge in [0, 0.05) is 19.0 Å². The third-order valence-electron chi connectivity index (χ3n) is 3.85.